The number of pyridine rings is 2. The molecule has 3 aromatic rings. The van der Waals surface area contributed by atoms with Gasteiger partial charge < -0.3 is 19.4 Å². The highest BCUT2D eigenvalue weighted by Crippen LogP contribution is 2.42. The van der Waals surface area contributed by atoms with Gasteiger partial charge in [-0.15, -0.1) is 0 Å². The topological polar surface area (TPSA) is 90.0 Å². The van der Waals surface area contributed by atoms with Crippen molar-refractivity contribution in [2.45, 2.75) is 45.0 Å². The molecule has 1 atom stereocenters. The van der Waals surface area contributed by atoms with Gasteiger partial charge in [0.2, 0.25) is 0 Å². The summed E-state index contributed by atoms with van der Waals surface area (Å²) in [5.74, 6) is -1.32. The van der Waals surface area contributed by atoms with Crippen LogP contribution in [0.4, 0.5) is 29.5 Å². The van der Waals surface area contributed by atoms with Crippen molar-refractivity contribution in [1.82, 2.24) is 19.5 Å². The van der Waals surface area contributed by atoms with E-state index in [0.29, 0.717) is 54.5 Å². The summed E-state index contributed by atoms with van der Waals surface area (Å²) in [5.41, 5.74) is 1.37. The zero-order valence-corrected chi connectivity index (χ0v) is 21.4. The maximum atomic E-state index is 14.3. The van der Waals surface area contributed by atoms with Crippen LogP contribution in [0, 0.1) is 11.3 Å². The normalized spacial score (nSPS) is 18.3. The lowest BCUT2D eigenvalue weighted by Gasteiger charge is -2.38. The van der Waals surface area contributed by atoms with Crippen LogP contribution >= 0.6 is 0 Å². The van der Waals surface area contributed by atoms with Crippen LogP contribution in [0.2, 0.25) is 0 Å². The second-order valence-electron chi connectivity index (χ2n) is 10.5. The maximum Gasteiger partial charge on any atom is 0.410 e. The highest BCUT2D eigenvalue weighted by Gasteiger charge is 2.46. The van der Waals surface area contributed by atoms with E-state index in [9.17, 15) is 23.2 Å². The summed E-state index contributed by atoms with van der Waals surface area (Å²) in [6.07, 6.45) is -3.38. The summed E-state index contributed by atoms with van der Waals surface area (Å²) in [4.78, 5) is 22.0. The average molecular weight is 528 g/mol. The Morgan fingerprint density at radius 2 is 1.79 bits per heavy atom. The highest BCUT2D eigenvalue weighted by atomic mass is 19.4. The number of nitrogens with zero attached hydrogens (tertiary/aromatic N) is 7. The van der Waals surface area contributed by atoms with Crippen molar-refractivity contribution in [3.8, 4) is 6.07 Å². The van der Waals surface area contributed by atoms with Crippen LogP contribution in [0.15, 0.2) is 36.5 Å². The number of hydrogen-bond donors (Lipinski definition) is 0. The van der Waals surface area contributed by atoms with Gasteiger partial charge in [0.15, 0.2) is 0 Å². The van der Waals surface area contributed by atoms with Crippen LogP contribution in [0.5, 0.6) is 0 Å². The monoisotopic (exact) mass is 527 g/mol. The number of carbonyl (C=O) groups is 1. The number of ether oxygens (including phenoxy) is 1. The molecule has 12 heteroatoms. The molecule has 2 aliphatic heterocycles. The summed E-state index contributed by atoms with van der Waals surface area (Å²) < 4.78 is 49.9. The van der Waals surface area contributed by atoms with Gasteiger partial charge >= 0.3 is 12.3 Å². The average Bonchev–Trinajstić information content (AvgIpc) is 3.36. The second kappa shape index (κ2) is 9.38. The molecule has 9 nitrogen and oxygen atoms in total. The molecule has 3 aromatic heterocycles. The Hall–Kier alpha value is -4.01. The van der Waals surface area contributed by atoms with Crippen LogP contribution < -0.4 is 9.80 Å². The lowest BCUT2D eigenvalue weighted by atomic mass is 9.93. The van der Waals surface area contributed by atoms with Crippen LogP contribution in [-0.2, 0) is 11.3 Å². The summed E-state index contributed by atoms with van der Waals surface area (Å²) >= 11 is 0. The quantitative estimate of drug-likeness (QED) is 0.490. The van der Waals surface area contributed by atoms with Gasteiger partial charge in [0.25, 0.3) is 0 Å². The molecule has 0 spiro atoms. The maximum absolute atomic E-state index is 14.3. The molecule has 1 amide bonds. The third kappa shape index (κ3) is 4.92. The fourth-order valence-electron chi connectivity index (χ4n) is 4.92. The third-order valence-electron chi connectivity index (χ3n) is 6.73. The van der Waals surface area contributed by atoms with Gasteiger partial charge in [0, 0.05) is 39.3 Å². The van der Waals surface area contributed by atoms with Crippen LogP contribution in [0.25, 0.3) is 5.52 Å². The molecule has 2 aliphatic rings. The van der Waals surface area contributed by atoms with Crippen molar-refractivity contribution in [2.75, 3.05) is 42.5 Å². The zero-order valence-electron chi connectivity index (χ0n) is 21.4. The third-order valence-corrected chi connectivity index (χ3v) is 6.73. The predicted molar refractivity (Wildman–Crippen MR) is 134 cm³/mol. The number of rotatable bonds is 2. The lowest BCUT2D eigenvalue weighted by molar-refractivity contribution is -0.150. The van der Waals surface area contributed by atoms with E-state index in [1.54, 1.807) is 60.9 Å². The van der Waals surface area contributed by atoms with E-state index in [1.165, 1.54) is 10.7 Å². The van der Waals surface area contributed by atoms with E-state index in [-0.39, 0.29) is 18.8 Å². The van der Waals surface area contributed by atoms with E-state index in [4.69, 9.17) is 4.74 Å². The van der Waals surface area contributed by atoms with E-state index in [0.717, 1.165) is 0 Å². The van der Waals surface area contributed by atoms with Gasteiger partial charge in [-0.2, -0.15) is 23.5 Å². The molecule has 0 saturated carbocycles. The van der Waals surface area contributed by atoms with Gasteiger partial charge in [0.1, 0.15) is 29.1 Å². The molecule has 0 aromatic carbocycles. The molecular formula is C26H28F3N7O2. The number of halogens is 3. The first-order chi connectivity index (χ1) is 17.9. The molecule has 1 unspecified atom stereocenters. The molecule has 1 fully saturated rings. The van der Waals surface area contributed by atoms with Crippen LogP contribution in [0.1, 0.15) is 43.6 Å². The highest BCUT2D eigenvalue weighted by molar-refractivity contribution is 5.74. The molecule has 0 aliphatic carbocycles. The fraction of sp³-hybridized carbons (Fsp3) is 0.462. The molecule has 0 radical (unpaired) electrons. The number of nitriles is 1. The molecule has 200 valence electrons. The number of carbonyl (C=O) groups excluding carboxylic acids is 1. The van der Waals surface area contributed by atoms with Crippen molar-refractivity contribution in [3.05, 3.63) is 53.5 Å². The van der Waals surface area contributed by atoms with Gasteiger partial charge in [-0.25, -0.2) is 14.3 Å². The molecular weight excluding hydrogens is 499 g/mol. The van der Waals surface area contributed by atoms with E-state index >= 15 is 0 Å². The minimum absolute atomic E-state index is 0.0268. The Balaban J connectivity index is 1.39. The van der Waals surface area contributed by atoms with Gasteiger partial charge in [0.05, 0.1) is 23.1 Å². The Bertz CT molecular complexity index is 1400. The zero-order chi connectivity index (χ0) is 27.2. The minimum atomic E-state index is -4.50. The van der Waals surface area contributed by atoms with E-state index < -0.39 is 23.8 Å². The van der Waals surface area contributed by atoms with Gasteiger partial charge in [-0.3, -0.25) is 0 Å². The second-order valence-corrected chi connectivity index (χ2v) is 10.5. The minimum Gasteiger partial charge on any atom is -0.444 e. The first kappa shape index (κ1) is 25.6. The Labute approximate surface area is 218 Å². The number of fused-ring (bicyclic) bond motifs is 2. The first-order valence-corrected chi connectivity index (χ1v) is 12.4. The molecule has 0 N–H and O–H groups in total. The molecule has 5 heterocycles. The van der Waals surface area contributed by atoms with Crippen molar-refractivity contribution in [2.24, 2.45) is 0 Å². The molecule has 0 bridgehead atoms. The fourth-order valence-corrected chi connectivity index (χ4v) is 4.92. The molecule has 38 heavy (non-hydrogen) atoms. The standard InChI is InChI=1S/C26H28F3N7O2/c1-25(2,3)38-24(37)34-12-10-33(11-13-34)22-7-4-17-15-35(16-19(23(17)32-22)26(27,28)29)20-6-5-18(14-30)36-21(20)8-9-31-36/h4-9,19H,10-13,15-16H2,1-3H3. The predicted octanol–water partition coefficient (Wildman–Crippen LogP) is 4.32. The number of piperazine rings is 1. The lowest BCUT2D eigenvalue weighted by Crippen LogP contribution is -2.50. The summed E-state index contributed by atoms with van der Waals surface area (Å²) in [6.45, 7) is 7.02. The number of amides is 1. The Morgan fingerprint density at radius 3 is 2.45 bits per heavy atom. The SMILES string of the molecule is CC(C)(C)OC(=O)N1CCN(c2ccc3c(n2)C(C(F)(F)F)CN(c2ccc(C#N)n4nccc24)C3)CC1. The largest absolute Gasteiger partial charge is 0.444 e. The van der Waals surface area contributed by atoms with Crippen molar-refractivity contribution in [1.29, 1.82) is 5.26 Å². The molecule has 1 saturated heterocycles. The summed E-state index contributed by atoms with van der Waals surface area (Å²) in [5, 5.41) is 13.5. The first-order valence-electron chi connectivity index (χ1n) is 12.4. The Kier molecular flexibility index (Phi) is 6.33. The van der Waals surface area contributed by atoms with Crippen molar-refractivity contribution in [3.63, 3.8) is 0 Å². The number of alkyl halides is 3. The summed E-state index contributed by atoms with van der Waals surface area (Å²) in [6, 6.07) is 10.4. The van der Waals surface area contributed by atoms with Gasteiger partial charge in [-0.05, 0) is 50.6 Å². The van der Waals surface area contributed by atoms with Crippen molar-refractivity contribution >= 4 is 23.1 Å². The van der Waals surface area contributed by atoms with Gasteiger partial charge in [-0.1, -0.05) is 6.07 Å². The smallest absolute Gasteiger partial charge is 0.410 e. The van der Waals surface area contributed by atoms with E-state index in [2.05, 4.69) is 10.1 Å². The number of hydrogen-bond acceptors (Lipinski definition) is 7. The van der Waals surface area contributed by atoms with Crippen LogP contribution in [-0.4, -0.2) is 70.1 Å². The van der Waals surface area contributed by atoms with Crippen LogP contribution in [0.3, 0.4) is 0 Å². The summed E-state index contributed by atoms with van der Waals surface area (Å²) in [7, 11) is 0. The van der Waals surface area contributed by atoms with E-state index in [1.807, 2.05) is 11.0 Å². The number of anilines is 2. The Morgan fingerprint density at radius 1 is 1.05 bits per heavy atom. The number of aromatic nitrogens is 3. The molecule has 5 rings (SSSR count). The van der Waals surface area contributed by atoms with Crippen molar-refractivity contribution < 1.29 is 22.7 Å².